The lowest BCUT2D eigenvalue weighted by atomic mass is 9.99. The zero-order valence-corrected chi connectivity index (χ0v) is 11.6. The number of amides is 2. The molecule has 8 heteroatoms. The fourth-order valence-electron chi connectivity index (χ4n) is 2.14. The summed E-state index contributed by atoms with van der Waals surface area (Å²) >= 11 is 0. The fourth-order valence-corrected chi connectivity index (χ4v) is 2.14. The second kappa shape index (κ2) is 5.40. The van der Waals surface area contributed by atoms with Crippen molar-refractivity contribution in [3.05, 3.63) is 11.4 Å². The number of carbonyl (C=O) groups excluding carboxylic acids is 1. The summed E-state index contributed by atoms with van der Waals surface area (Å²) in [5.74, 6) is -1.35. The van der Waals surface area contributed by atoms with Crippen molar-refractivity contribution in [2.45, 2.75) is 20.8 Å². The first kappa shape index (κ1) is 14.2. The molecule has 2 atom stereocenters. The number of urea groups is 1. The van der Waals surface area contributed by atoms with Gasteiger partial charge in [-0.1, -0.05) is 6.92 Å². The van der Waals surface area contributed by atoms with E-state index in [1.54, 1.807) is 13.8 Å². The third-order valence-corrected chi connectivity index (χ3v) is 3.53. The number of rotatable bonds is 2. The van der Waals surface area contributed by atoms with Gasteiger partial charge in [-0.05, 0) is 19.8 Å². The maximum absolute atomic E-state index is 12.0. The molecule has 0 aliphatic carbocycles. The van der Waals surface area contributed by atoms with Gasteiger partial charge >= 0.3 is 12.0 Å². The van der Waals surface area contributed by atoms with Crippen LogP contribution in [-0.2, 0) is 4.79 Å². The molecule has 0 spiro atoms. The molecule has 2 rings (SSSR count). The number of aliphatic carboxylic acids is 1. The number of carboxylic acids is 1. The third kappa shape index (κ3) is 2.84. The maximum Gasteiger partial charge on any atom is 0.324 e. The molecular formula is C12H17N5O3. The minimum Gasteiger partial charge on any atom is -0.481 e. The van der Waals surface area contributed by atoms with Gasteiger partial charge in [0.2, 0.25) is 0 Å². The average Bonchev–Trinajstić information content (AvgIpc) is 2.76. The molecule has 20 heavy (non-hydrogen) atoms. The van der Waals surface area contributed by atoms with Crippen LogP contribution in [0.3, 0.4) is 0 Å². The molecule has 1 fully saturated rings. The van der Waals surface area contributed by atoms with Crippen molar-refractivity contribution in [2.24, 2.45) is 11.8 Å². The Bertz CT molecular complexity index is 548. The van der Waals surface area contributed by atoms with E-state index in [4.69, 9.17) is 5.11 Å². The molecular weight excluding hydrogens is 262 g/mol. The SMILES string of the molecule is Cc1nnc(NC(=O)N2CC(C)C(C(=O)O)C2)nc1C. The van der Waals surface area contributed by atoms with Gasteiger partial charge in [0.25, 0.3) is 5.95 Å². The lowest BCUT2D eigenvalue weighted by Gasteiger charge is -2.15. The monoisotopic (exact) mass is 279 g/mol. The van der Waals surface area contributed by atoms with Crippen LogP contribution in [0, 0.1) is 25.7 Å². The molecule has 8 nitrogen and oxygen atoms in total. The molecule has 0 aromatic carbocycles. The number of nitrogens with zero attached hydrogens (tertiary/aromatic N) is 4. The molecule has 2 unspecified atom stereocenters. The third-order valence-electron chi connectivity index (χ3n) is 3.53. The van der Waals surface area contributed by atoms with Crippen LogP contribution in [0.2, 0.25) is 0 Å². The second-order valence-electron chi connectivity index (χ2n) is 5.06. The average molecular weight is 279 g/mol. The molecule has 1 saturated heterocycles. The van der Waals surface area contributed by atoms with Crippen molar-refractivity contribution >= 4 is 17.9 Å². The number of nitrogens with one attached hydrogen (secondary N) is 1. The Balaban J connectivity index is 2.02. The first-order valence-corrected chi connectivity index (χ1v) is 6.35. The van der Waals surface area contributed by atoms with Gasteiger partial charge in [0, 0.05) is 13.1 Å². The summed E-state index contributed by atoms with van der Waals surface area (Å²) in [5.41, 5.74) is 1.39. The summed E-state index contributed by atoms with van der Waals surface area (Å²) in [7, 11) is 0. The van der Waals surface area contributed by atoms with Crippen LogP contribution in [0.4, 0.5) is 10.7 Å². The van der Waals surface area contributed by atoms with Gasteiger partial charge in [0.1, 0.15) is 0 Å². The van der Waals surface area contributed by atoms with Crippen LogP contribution in [0.25, 0.3) is 0 Å². The summed E-state index contributed by atoms with van der Waals surface area (Å²) in [6.45, 7) is 5.97. The molecule has 0 bridgehead atoms. The van der Waals surface area contributed by atoms with Gasteiger partial charge in [0.15, 0.2) is 0 Å². The number of aromatic nitrogens is 3. The number of carboxylic acid groups (broad SMARTS) is 1. The van der Waals surface area contributed by atoms with Crippen molar-refractivity contribution in [2.75, 3.05) is 18.4 Å². The highest BCUT2D eigenvalue weighted by Crippen LogP contribution is 2.23. The summed E-state index contributed by atoms with van der Waals surface area (Å²) in [5, 5.41) is 19.3. The van der Waals surface area contributed by atoms with E-state index in [2.05, 4.69) is 20.5 Å². The summed E-state index contributed by atoms with van der Waals surface area (Å²) < 4.78 is 0. The number of carbonyl (C=O) groups is 2. The minimum absolute atomic E-state index is 0.0722. The van der Waals surface area contributed by atoms with Gasteiger partial charge < -0.3 is 10.0 Å². The molecule has 108 valence electrons. The highest BCUT2D eigenvalue weighted by atomic mass is 16.4. The van der Waals surface area contributed by atoms with Crippen LogP contribution >= 0.6 is 0 Å². The van der Waals surface area contributed by atoms with Crippen molar-refractivity contribution in [3.8, 4) is 0 Å². The Morgan fingerprint density at radius 3 is 2.50 bits per heavy atom. The topological polar surface area (TPSA) is 108 Å². The lowest BCUT2D eigenvalue weighted by Crippen LogP contribution is -2.34. The number of hydrogen-bond donors (Lipinski definition) is 2. The summed E-state index contributed by atoms with van der Waals surface area (Å²) in [4.78, 5) is 28.6. The molecule has 2 amide bonds. The Hall–Kier alpha value is -2.25. The second-order valence-corrected chi connectivity index (χ2v) is 5.06. The van der Waals surface area contributed by atoms with Crippen LogP contribution in [-0.4, -0.2) is 50.3 Å². The van der Waals surface area contributed by atoms with E-state index in [1.165, 1.54) is 4.90 Å². The van der Waals surface area contributed by atoms with E-state index >= 15 is 0 Å². The summed E-state index contributed by atoms with van der Waals surface area (Å²) in [6, 6.07) is -0.398. The van der Waals surface area contributed by atoms with Gasteiger partial charge in [0.05, 0.1) is 17.3 Å². The van der Waals surface area contributed by atoms with E-state index in [0.29, 0.717) is 17.9 Å². The maximum atomic E-state index is 12.0. The fraction of sp³-hybridized carbons (Fsp3) is 0.583. The number of hydrogen-bond acceptors (Lipinski definition) is 5. The highest BCUT2D eigenvalue weighted by Gasteiger charge is 2.37. The van der Waals surface area contributed by atoms with Crippen molar-refractivity contribution in [1.29, 1.82) is 0 Å². The van der Waals surface area contributed by atoms with E-state index in [9.17, 15) is 9.59 Å². The molecule has 0 saturated carbocycles. The molecule has 1 aliphatic rings. The molecule has 1 aromatic heterocycles. The number of anilines is 1. The number of aryl methyl sites for hydroxylation is 2. The van der Waals surface area contributed by atoms with Gasteiger partial charge in [-0.2, -0.15) is 5.10 Å². The van der Waals surface area contributed by atoms with E-state index < -0.39 is 17.9 Å². The molecule has 2 N–H and O–H groups in total. The first-order chi connectivity index (χ1) is 9.38. The van der Waals surface area contributed by atoms with Crippen LogP contribution in [0.15, 0.2) is 0 Å². The predicted molar refractivity (Wildman–Crippen MR) is 70.2 cm³/mol. The quantitative estimate of drug-likeness (QED) is 0.823. The van der Waals surface area contributed by atoms with Crippen LogP contribution in [0.5, 0.6) is 0 Å². The predicted octanol–water partition coefficient (Wildman–Crippen LogP) is 0.673. The van der Waals surface area contributed by atoms with Crippen LogP contribution in [0.1, 0.15) is 18.3 Å². The Morgan fingerprint density at radius 1 is 1.25 bits per heavy atom. The van der Waals surface area contributed by atoms with Crippen molar-refractivity contribution in [1.82, 2.24) is 20.1 Å². The number of likely N-dealkylation sites (tertiary alicyclic amines) is 1. The van der Waals surface area contributed by atoms with E-state index in [0.717, 1.165) is 0 Å². The van der Waals surface area contributed by atoms with Gasteiger partial charge in [-0.25, -0.2) is 9.78 Å². The largest absolute Gasteiger partial charge is 0.481 e. The molecule has 1 aromatic rings. The standard InChI is InChI=1S/C12H17N5O3/c1-6-4-17(5-9(6)10(18)19)12(20)14-11-13-7(2)8(3)15-16-11/h6,9H,4-5H2,1-3H3,(H,18,19)(H,13,14,16,20). The Morgan fingerprint density at radius 2 is 1.95 bits per heavy atom. The highest BCUT2D eigenvalue weighted by molar-refractivity contribution is 5.88. The minimum atomic E-state index is -0.878. The lowest BCUT2D eigenvalue weighted by molar-refractivity contribution is -0.142. The molecule has 1 aliphatic heterocycles. The molecule has 0 radical (unpaired) electrons. The zero-order valence-electron chi connectivity index (χ0n) is 11.6. The van der Waals surface area contributed by atoms with Crippen LogP contribution < -0.4 is 5.32 Å². The zero-order chi connectivity index (χ0) is 14.9. The Labute approximate surface area is 116 Å². The normalized spacial score (nSPS) is 21.9. The Kier molecular flexibility index (Phi) is 3.82. The van der Waals surface area contributed by atoms with Crippen molar-refractivity contribution in [3.63, 3.8) is 0 Å². The van der Waals surface area contributed by atoms with Crippen molar-refractivity contribution < 1.29 is 14.7 Å². The molecule has 2 heterocycles. The van der Waals surface area contributed by atoms with E-state index in [1.807, 2.05) is 6.92 Å². The first-order valence-electron chi connectivity index (χ1n) is 6.35. The summed E-state index contributed by atoms with van der Waals surface area (Å²) in [6.07, 6.45) is 0. The smallest absolute Gasteiger partial charge is 0.324 e. The van der Waals surface area contributed by atoms with Gasteiger partial charge in [-0.3, -0.25) is 10.1 Å². The van der Waals surface area contributed by atoms with Gasteiger partial charge in [-0.15, -0.1) is 5.10 Å². The van der Waals surface area contributed by atoms with E-state index in [-0.39, 0.29) is 18.4 Å².